The number of benzene rings is 1. The number of nitrogens with two attached hydrogens (primary N) is 1. The maximum absolute atomic E-state index is 6.03. The fraction of sp³-hybridized carbons (Fsp3) is 0.625. The highest BCUT2D eigenvalue weighted by Gasteiger charge is 2.19. The van der Waals surface area contributed by atoms with Crippen LogP contribution in [0.15, 0.2) is 18.2 Å². The van der Waals surface area contributed by atoms with Crippen molar-refractivity contribution in [3.05, 3.63) is 29.3 Å². The molecule has 0 atom stereocenters. The van der Waals surface area contributed by atoms with Crippen molar-refractivity contribution in [3.63, 3.8) is 0 Å². The molecule has 0 aliphatic carbocycles. The Bertz CT molecular complexity index is 399. The SMILES string of the molecule is CCN(CC)CCCCN1Cc2cccc(N)c2C1. The van der Waals surface area contributed by atoms with Gasteiger partial charge in [0.1, 0.15) is 0 Å². The van der Waals surface area contributed by atoms with Gasteiger partial charge >= 0.3 is 0 Å². The summed E-state index contributed by atoms with van der Waals surface area (Å²) in [6, 6.07) is 6.29. The first-order valence-electron chi connectivity index (χ1n) is 7.55. The summed E-state index contributed by atoms with van der Waals surface area (Å²) < 4.78 is 0. The molecule has 0 unspecified atom stereocenters. The number of nitrogen functional groups attached to an aromatic ring is 1. The van der Waals surface area contributed by atoms with E-state index < -0.39 is 0 Å². The van der Waals surface area contributed by atoms with Gasteiger partial charge in [-0.25, -0.2) is 0 Å². The van der Waals surface area contributed by atoms with Gasteiger partial charge in [0.2, 0.25) is 0 Å². The molecular weight excluding hydrogens is 234 g/mol. The topological polar surface area (TPSA) is 32.5 Å². The van der Waals surface area contributed by atoms with Crippen molar-refractivity contribution < 1.29 is 0 Å². The minimum Gasteiger partial charge on any atom is -0.398 e. The van der Waals surface area contributed by atoms with Crippen molar-refractivity contribution in [1.29, 1.82) is 0 Å². The fourth-order valence-corrected chi connectivity index (χ4v) is 2.88. The van der Waals surface area contributed by atoms with Gasteiger partial charge in [-0.05, 0) is 56.2 Å². The largest absolute Gasteiger partial charge is 0.398 e. The van der Waals surface area contributed by atoms with Crippen molar-refractivity contribution >= 4 is 5.69 Å². The highest BCUT2D eigenvalue weighted by Crippen LogP contribution is 2.27. The number of hydrogen-bond acceptors (Lipinski definition) is 3. The van der Waals surface area contributed by atoms with Gasteiger partial charge in [-0.1, -0.05) is 26.0 Å². The molecule has 1 aliphatic rings. The van der Waals surface area contributed by atoms with E-state index in [-0.39, 0.29) is 0 Å². The summed E-state index contributed by atoms with van der Waals surface area (Å²) in [6.45, 7) is 11.3. The number of nitrogens with zero attached hydrogens (tertiary/aromatic N) is 2. The second-order valence-corrected chi connectivity index (χ2v) is 5.43. The van der Waals surface area contributed by atoms with E-state index >= 15 is 0 Å². The molecule has 0 radical (unpaired) electrons. The lowest BCUT2D eigenvalue weighted by molar-refractivity contribution is 0.255. The highest BCUT2D eigenvalue weighted by atomic mass is 15.1. The lowest BCUT2D eigenvalue weighted by Gasteiger charge is -2.19. The summed E-state index contributed by atoms with van der Waals surface area (Å²) in [7, 11) is 0. The normalized spacial score (nSPS) is 15.1. The predicted molar refractivity (Wildman–Crippen MR) is 82.0 cm³/mol. The van der Waals surface area contributed by atoms with Crippen LogP contribution in [-0.2, 0) is 13.1 Å². The van der Waals surface area contributed by atoms with Crippen LogP contribution in [0.25, 0.3) is 0 Å². The van der Waals surface area contributed by atoms with E-state index in [0.717, 1.165) is 18.8 Å². The van der Waals surface area contributed by atoms with E-state index in [0.29, 0.717) is 0 Å². The minimum atomic E-state index is 0.961. The molecule has 1 aliphatic heterocycles. The van der Waals surface area contributed by atoms with Gasteiger partial charge in [0.25, 0.3) is 0 Å². The fourth-order valence-electron chi connectivity index (χ4n) is 2.88. The van der Waals surface area contributed by atoms with Crippen molar-refractivity contribution in [2.24, 2.45) is 0 Å². The summed E-state index contributed by atoms with van der Waals surface area (Å²) in [5, 5.41) is 0. The Hall–Kier alpha value is -1.06. The van der Waals surface area contributed by atoms with Crippen LogP contribution in [0.1, 0.15) is 37.8 Å². The average Bonchev–Trinajstić information content (AvgIpc) is 2.83. The van der Waals surface area contributed by atoms with E-state index in [1.165, 1.54) is 50.1 Å². The molecule has 3 heteroatoms. The third kappa shape index (κ3) is 3.71. The van der Waals surface area contributed by atoms with Crippen LogP contribution in [0.2, 0.25) is 0 Å². The highest BCUT2D eigenvalue weighted by molar-refractivity contribution is 5.52. The van der Waals surface area contributed by atoms with Crippen LogP contribution in [0, 0.1) is 0 Å². The van der Waals surface area contributed by atoms with Gasteiger partial charge in [-0.15, -0.1) is 0 Å². The zero-order chi connectivity index (χ0) is 13.7. The van der Waals surface area contributed by atoms with E-state index in [4.69, 9.17) is 5.73 Å². The summed E-state index contributed by atoms with van der Waals surface area (Å²) in [4.78, 5) is 5.01. The Morgan fingerprint density at radius 1 is 1.16 bits per heavy atom. The summed E-state index contributed by atoms with van der Waals surface area (Å²) in [6.07, 6.45) is 2.58. The quantitative estimate of drug-likeness (QED) is 0.605. The maximum atomic E-state index is 6.03. The molecule has 0 saturated carbocycles. The van der Waals surface area contributed by atoms with Gasteiger partial charge in [0, 0.05) is 18.8 Å². The summed E-state index contributed by atoms with van der Waals surface area (Å²) >= 11 is 0. The predicted octanol–water partition coefficient (Wildman–Crippen LogP) is 2.71. The molecule has 1 heterocycles. The zero-order valence-electron chi connectivity index (χ0n) is 12.4. The number of rotatable bonds is 7. The number of unbranched alkanes of at least 4 members (excludes halogenated alkanes) is 1. The molecule has 0 bridgehead atoms. The van der Waals surface area contributed by atoms with E-state index in [2.05, 4.69) is 35.8 Å². The zero-order valence-corrected chi connectivity index (χ0v) is 12.4. The molecule has 1 aromatic rings. The Kier molecular flexibility index (Phi) is 5.23. The lowest BCUT2D eigenvalue weighted by Crippen LogP contribution is -2.25. The van der Waals surface area contributed by atoms with Crippen LogP contribution in [-0.4, -0.2) is 36.0 Å². The molecule has 19 heavy (non-hydrogen) atoms. The Labute approximate surface area is 117 Å². The molecule has 2 N–H and O–H groups in total. The molecule has 0 saturated heterocycles. The molecule has 3 nitrogen and oxygen atoms in total. The Balaban J connectivity index is 1.71. The van der Waals surface area contributed by atoms with Gasteiger partial charge in [0.05, 0.1) is 0 Å². The van der Waals surface area contributed by atoms with Crippen molar-refractivity contribution in [1.82, 2.24) is 9.80 Å². The van der Waals surface area contributed by atoms with Gasteiger partial charge in [0.15, 0.2) is 0 Å². The van der Waals surface area contributed by atoms with E-state index in [9.17, 15) is 0 Å². The van der Waals surface area contributed by atoms with Gasteiger partial charge in [-0.2, -0.15) is 0 Å². The second-order valence-electron chi connectivity index (χ2n) is 5.43. The van der Waals surface area contributed by atoms with Crippen LogP contribution in [0.3, 0.4) is 0 Å². The third-order valence-electron chi connectivity index (χ3n) is 4.18. The van der Waals surface area contributed by atoms with Crippen LogP contribution in [0.5, 0.6) is 0 Å². The molecule has 0 amide bonds. The van der Waals surface area contributed by atoms with E-state index in [1.54, 1.807) is 0 Å². The number of anilines is 1. The van der Waals surface area contributed by atoms with Crippen LogP contribution >= 0.6 is 0 Å². The monoisotopic (exact) mass is 261 g/mol. The molecule has 0 spiro atoms. The number of fused-ring (bicyclic) bond motifs is 1. The van der Waals surface area contributed by atoms with Gasteiger partial charge in [-0.3, -0.25) is 4.90 Å². The number of hydrogen-bond donors (Lipinski definition) is 1. The van der Waals surface area contributed by atoms with E-state index in [1.807, 2.05) is 6.07 Å². The van der Waals surface area contributed by atoms with Crippen molar-refractivity contribution in [3.8, 4) is 0 Å². The molecule has 106 valence electrons. The standard InChI is InChI=1S/C16H27N3/c1-3-18(4-2)10-5-6-11-19-12-14-8-7-9-16(17)15(14)13-19/h7-9H,3-6,10-13,17H2,1-2H3. The third-order valence-corrected chi connectivity index (χ3v) is 4.18. The van der Waals surface area contributed by atoms with Crippen LogP contribution in [0.4, 0.5) is 5.69 Å². The van der Waals surface area contributed by atoms with Crippen LogP contribution < -0.4 is 5.73 Å². The lowest BCUT2D eigenvalue weighted by atomic mass is 10.1. The first kappa shape index (κ1) is 14.4. The molecule has 0 aromatic heterocycles. The maximum Gasteiger partial charge on any atom is 0.0363 e. The summed E-state index contributed by atoms with van der Waals surface area (Å²) in [5.74, 6) is 0. The first-order chi connectivity index (χ1) is 9.24. The first-order valence-corrected chi connectivity index (χ1v) is 7.55. The second kappa shape index (κ2) is 6.92. The smallest absolute Gasteiger partial charge is 0.0363 e. The molecule has 1 aromatic carbocycles. The minimum absolute atomic E-state index is 0.961. The van der Waals surface area contributed by atoms with Crippen molar-refractivity contribution in [2.45, 2.75) is 39.8 Å². The van der Waals surface area contributed by atoms with Gasteiger partial charge < -0.3 is 10.6 Å². The Morgan fingerprint density at radius 3 is 2.63 bits per heavy atom. The molecular formula is C16H27N3. The average molecular weight is 261 g/mol. The van der Waals surface area contributed by atoms with Crippen molar-refractivity contribution in [2.75, 3.05) is 31.9 Å². The molecule has 0 fully saturated rings. The summed E-state index contributed by atoms with van der Waals surface area (Å²) in [5.41, 5.74) is 9.77. The Morgan fingerprint density at radius 2 is 1.95 bits per heavy atom. The molecule has 2 rings (SSSR count).